The second kappa shape index (κ2) is 14.2. The Morgan fingerprint density at radius 2 is 1.40 bits per heavy atom. The molecule has 0 fully saturated rings. The first-order chi connectivity index (χ1) is 14.0. The summed E-state index contributed by atoms with van der Waals surface area (Å²) in [5.74, 6) is -4.92. The van der Waals surface area contributed by atoms with Crippen molar-refractivity contribution in [3.8, 4) is 0 Å². The Balaban J connectivity index is 5.35. The molecule has 0 aliphatic heterocycles. The average Bonchev–Trinajstić information content (AvgIpc) is 2.66. The Morgan fingerprint density at radius 1 is 0.867 bits per heavy atom. The minimum absolute atomic E-state index is 0.122. The SMILES string of the molecule is CSCCC(NC(=O)C(CCC(N)=O)NC(=O)CN)C(=O)NC(CC(N)=O)C(=O)O. The smallest absolute Gasteiger partial charge is 0.326 e. The lowest BCUT2D eigenvalue weighted by molar-refractivity contribution is -0.143. The van der Waals surface area contributed by atoms with Crippen LogP contribution in [-0.2, 0) is 28.8 Å². The molecule has 14 heteroatoms. The van der Waals surface area contributed by atoms with Crippen molar-refractivity contribution in [1.29, 1.82) is 0 Å². The van der Waals surface area contributed by atoms with Crippen LogP contribution in [0.25, 0.3) is 0 Å². The molecule has 0 bridgehead atoms. The number of nitrogens with two attached hydrogens (primary N) is 3. The monoisotopic (exact) mass is 448 g/mol. The summed E-state index contributed by atoms with van der Waals surface area (Å²) in [5, 5.41) is 16.0. The van der Waals surface area contributed by atoms with Crippen LogP contribution in [0, 0.1) is 0 Å². The number of nitrogens with one attached hydrogen (secondary N) is 3. The van der Waals surface area contributed by atoms with Crippen LogP contribution in [0.4, 0.5) is 0 Å². The highest BCUT2D eigenvalue weighted by atomic mass is 32.2. The molecule has 0 aliphatic rings. The molecule has 0 saturated carbocycles. The van der Waals surface area contributed by atoms with Crippen LogP contribution in [-0.4, -0.2) is 77.3 Å². The standard InChI is InChI=1S/C16H28N6O7S/c1-30-5-4-9(15(27)22-10(16(28)29)6-12(19)24)21-14(26)8(2-3-11(18)23)20-13(25)7-17/h8-10H,2-7,17H2,1H3,(H2,18,23)(H2,19,24)(H,20,25)(H,21,26)(H,22,27)(H,28,29). The van der Waals surface area contributed by atoms with E-state index in [4.69, 9.17) is 22.3 Å². The molecule has 170 valence electrons. The maximum atomic E-state index is 12.6. The van der Waals surface area contributed by atoms with E-state index in [1.807, 2.05) is 0 Å². The Morgan fingerprint density at radius 3 is 1.83 bits per heavy atom. The van der Waals surface area contributed by atoms with Crippen molar-refractivity contribution in [3.05, 3.63) is 0 Å². The van der Waals surface area contributed by atoms with Crippen molar-refractivity contribution >= 4 is 47.3 Å². The molecule has 5 amide bonds. The van der Waals surface area contributed by atoms with Crippen molar-refractivity contribution < 1.29 is 33.9 Å². The number of carbonyl (C=O) groups is 6. The van der Waals surface area contributed by atoms with Crippen LogP contribution in [0.3, 0.4) is 0 Å². The van der Waals surface area contributed by atoms with Crippen molar-refractivity contribution in [1.82, 2.24) is 16.0 Å². The quantitative estimate of drug-likeness (QED) is 0.131. The largest absolute Gasteiger partial charge is 0.480 e. The molecule has 3 unspecified atom stereocenters. The summed E-state index contributed by atoms with van der Waals surface area (Å²) in [6, 6.07) is -3.91. The van der Waals surface area contributed by atoms with Crippen molar-refractivity contribution in [3.63, 3.8) is 0 Å². The zero-order chi connectivity index (χ0) is 23.3. The van der Waals surface area contributed by atoms with Crippen LogP contribution < -0.4 is 33.2 Å². The minimum Gasteiger partial charge on any atom is -0.480 e. The highest BCUT2D eigenvalue weighted by Crippen LogP contribution is 2.05. The molecular formula is C16H28N6O7S. The number of hydrogen-bond donors (Lipinski definition) is 7. The summed E-state index contributed by atoms with van der Waals surface area (Å²) in [6.45, 7) is -0.399. The lowest BCUT2D eigenvalue weighted by Gasteiger charge is -2.24. The summed E-state index contributed by atoms with van der Waals surface area (Å²) in [5.41, 5.74) is 15.3. The van der Waals surface area contributed by atoms with Crippen LogP contribution in [0.5, 0.6) is 0 Å². The summed E-state index contributed by atoms with van der Waals surface area (Å²) in [4.78, 5) is 69.9. The first kappa shape index (κ1) is 27.1. The van der Waals surface area contributed by atoms with Gasteiger partial charge in [0.15, 0.2) is 0 Å². The van der Waals surface area contributed by atoms with Gasteiger partial charge in [-0.15, -0.1) is 0 Å². The third kappa shape index (κ3) is 11.2. The summed E-state index contributed by atoms with van der Waals surface area (Å²) in [6.07, 6.45) is 0.946. The maximum Gasteiger partial charge on any atom is 0.326 e. The lowest BCUT2D eigenvalue weighted by Crippen LogP contribution is -2.56. The number of thioether (sulfide) groups is 1. The van der Waals surface area contributed by atoms with E-state index in [9.17, 15) is 28.8 Å². The van der Waals surface area contributed by atoms with Gasteiger partial charge in [-0.3, -0.25) is 24.0 Å². The molecule has 0 aromatic rings. The molecule has 0 radical (unpaired) electrons. The molecule has 0 aromatic heterocycles. The fraction of sp³-hybridized carbons (Fsp3) is 0.625. The van der Waals surface area contributed by atoms with Crippen molar-refractivity contribution in [2.45, 2.75) is 43.8 Å². The van der Waals surface area contributed by atoms with Crippen LogP contribution >= 0.6 is 11.8 Å². The summed E-state index contributed by atoms with van der Waals surface area (Å²) in [7, 11) is 0. The number of primary amides is 2. The number of aliphatic carboxylic acids is 1. The average molecular weight is 449 g/mol. The van der Waals surface area contributed by atoms with Gasteiger partial charge in [0.05, 0.1) is 13.0 Å². The van der Waals surface area contributed by atoms with E-state index in [2.05, 4.69) is 16.0 Å². The number of hydrogen-bond acceptors (Lipinski definition) is 8. The van der Waals surface area contributed by atoms with E-state index >= 15 is 0 Å². The highest BCUT2D eigenvalue weighted by molar-refractivity contribution is 7.98. The normalized spacial score (nSPS) is 13.4. The third-order valence-electron chi connectivity index (χ3n) is 3.78. The molecule has 3 atom stereocenters. The van der Waals surface area contributed by atoms with E-state index in [0.29, 0.717) is 5.75 Å². The summed E-state index contributed by atoms with van der Waals surface area (Å²) >= 11 is 1.38. The molecular weight excluding hydrogens is 420 g/mol. The van der Waals surface area contributed by atoms with E-state index in [1.165, 1.54) is 11.8 Å². The summed E-state index contributed by atoms with van der Waals surface area (Å²) < 4.78 is 0. The maximum absolute atomic E-state index is 12.6. The Labute approximate surface area is 177 Å². The highest BCUT2D eigenvalue weighted by Gasteiger charge is 2.30. The van der Waals surface area contributed by atoms with Gasteiger partial charge in [0.1, 0.15) is 18.1 Å². The Kier molecular flexibility index (Phi) is 12.8. The molecule has 0 aliphatic carbocycles. The topological polar surface area (TPSA) is 237 Å². The van der Waals surface area contributed by atoms with Gasteiger partial charge in [0, 0.05) is 6.42 Å². The Bertz CT molecular complexity index is 660. The first-order valence-electron chi connectivity index (χ1n) is 8.90. The first-order valence-corrected chi connectivity index (χ1v) is 10.3. The van der Waals surface area contributed by atoms with Gasteiger partial charge in [-0.05, 0) is 24.9 Å². The van der Waals surface area contributed by atoms with Crippen molar-refractivity contribution in [2.75, 3.05) is 18.6 Å². The Hall–Kier alpha value is -2.87. The molecule has 0 spiro atoms. The number of carboxylic acid groups (broad SMARTS) is 1. The molecule has 0 aromatic carbocycles. The van der Waals surface area contributed by atoms with E-state index in [1.54, 1.807) is 6.26 Å². The molecule has 13 nitrogen and oxygen atoms in total. The van der Waals surface area contributed by atoms with Gasteiger partial charge in [-0.1, -0.05) is 0 Å². The van der Waals surface area contributed by atoms with Gasteiger partial charge >= 0.3 is 5.97 Å². The van der Waals surface area contributed by atoms with Gasteiger partial charge < -0.3 is 38.3 Å². The number of rotatable bonds is 15. The number of carboxylic acids is 1. The van der Waals surface area contributed by atoms with Crippen LogP contribution in [0.1, 0.15) is 25.7 Å². The molecule has 0 saturated heterocycles. The van der Waals surface area contributed by atoms with Crippen LogP contribution in [0.15, 0.2) is 0 Å². The fourth-order valence-corrected chi connectivity index (χ4v) is 2.73. The van der Waals surface area contributed by atoms with Crippen LogP contribution in [0.2, 0.25) is 0 Å². The van der Waals surface area contributed by atoms with E-state index < -0.39 is 66.6 Å². The molecule has 0 heterocycles. The second-order valence-electron chi connectivity index (χ2n) is 6.24. The van der Waals surface area contributed by atoms with Gasteiger partial charge in [-0.25, -0.2) is 4.79 Å². The lowest BCUT2D eigenvalue weighted by atomic mass is 10.1. The van der Waals surface area contributed by atoms with E-state index in [-0.39, 0.29) is 19.3 Å². The predicted octanol–water partition coefficient (Wildman–Crippen LogP) is -3.62. The molecule has 30 heavy (non-hydrogen) atoms. The number of carbonyl (C=O) groups excluding carboxylic acids is 5. The third-order valence-corrected chi connectivity index (χ3v) is 4.42. The van der Waals surface area contributed by atoms with Crippen molar-refractivity contribution in [2.24, 2.45) is 17.2 Å². The molecule has 0 rings (SSSR count). The van der Waals surface area contributed by atoms with Gasteiger partial charge in [-0.2, -0.15) is 11.8 Å². The fourth-order valence-electron chi connectivity index (χ4n) is 2.26. The number of amides is 5. The zero-order valence-corrected chi connectivity index (χ0v) is 17.3. The second-order valence-corrected chi connectivity index (χ2v) is 7.23. The van der Waals surface area contributed by atoms with Gasteiger partial charge in [0.25, 0.3) is 0 Å². The predicted molar refractivity (Wildman–Crippen MR) is 108 cm³/mol. The minimum atomic E-state index is -1.56. The molecule has 10 N–H and O–H groups in total. The zero-order valence-electron chi connectivity index (χ0n) is 16.5. The van der Waals surface area contributed by atoms with Gasteiger partial charge in [0.2, 0.25) is 29.5 Å². The van der Waals surface area contributed by atoms with E-state index in [0.717, 1.165) is 0 Å².